The maximum atomic E-state index is 10.5. The lowest BCUT2D eigenvalue weighted by Gasteiger charge is -2.29. The Hall–Kier alpha value is -4.70. The molecule has 4 N–H and O–H groups in total. The van der Waals surface area contributed by atoms with Gasteiger partial charge in [0.25, 0.3) is 0 Å². The Kier molecular flexibility index (Phi) is 8.70. The van der Waals surface area contributed by atoms with Gasteiger partial charge < -0.3 is 20.4 Å². The molecular weight excluding hydrogens is 568 g/mol. The lowest BCUT2D eigenvalue weighted by molar-refractivity contribution is 0.469. The molecule has 0 fully saturated rings. The molecule has 5 rings (SSSR count). The van der Waals surface area contributed by atoms with Crippen molar-refractivity contribution in [1.82, 2.24) is 0 Å². The second kappa shape index (κ2) is 12.2. The minimum absolute atomic E-state index is 0.125. The Balaban J connectivity index is 1.82. The van der Waals surface area contributed by atoms with Crippen molar-refractivity contribution in [2.75, 3.05) is 0 Å². The normalized spacial score (nSPS) is 11.6. The standard InChI is InChI=1S/C42H46O4/c1-21-11-32(42(35-15-29(9)39(45)19-25(35)5)36-16-30(10)40(46)20-26(36)6)22(2)12-31(21)41(33-13-27(7)37(43)17-23(33)3)34-14-28(8)38(44)18-24(34)4/h11-20,41-46H,1-10H3. The second-order valence-electron chi connectivity index (χ2n) is 13.4. The van der Waals surface area contributed by atoms with Crippen LogP contribution in [0.3, 0.4) is 0 Å². The van der Waals surface area contributed by atoms with E-state index in [1.807, 2.05) is 79.7 Å². The van der Waals surface area contributed by atoms with Crippen LogP contribution in [0.2, 0.25) is 0 Å². The highest BCUT2D eigenvalue weighted by atomic mass is 16.3. The molecule has 0 amide bonds. The van der Waals surface area contributed by atoms with Gasteiger partial charge in [0, 0.05) is 11.8 Å². The largest absolute Gasteiger partial charge is 0.508 e. The first-order chi connectivity index (χ1) is 21.6. The molecule has 0 aliphatic carbocycles. The van der Waals surface area contributed by atoms with E-state index < -0.39 is 0 Å². The van der Waals surface area contributed by atoms with Crippen LogP contribution in [0.4, 0.5) is 0 Å². The maximum absolute atomic E-state index is 10.5. The molecule has 0 radical (unpaired) electrons. The number of rotatable bonds is 6. The van der Waals surface area contributed by atoms with Gasteiger partial charge in [0.1, 0.15) is 23.0 Å². The molecule has 0 bridgehead atoms. The van der Waals surface area contributed by atoms with E-state index in [4.69, 9.17) is 0 Å². The monoisotopic (exact) mass is 614 g/mol. The third-order valence-corrected chi connectivity index (χ3v) is 9.86. The summed E-state index contributed by atoms with van der Waals surface area (Å²) in [4.78, 5) is 0. The maximum Gasteiger partial charge on any atom is 0.118 e. The molecule has 0 atom stereocenters. The van der Waals surface area contributed by atoms with E-state index in [9.17, 15) is 20.4 Å². The van der Waals surface area contributed by atoms with Gasteiger partial charge in [-0.1, -0.05) is 36.4 Å². The predicted octanol–water partition coefficient (Wildman–Crippen LogP) is 9.95. The highest BCUT2D eigenvalue weighted by Gasteiger charge is 2.28. The average molecular weight is 615 g/mol. The van der Waals surface area contributed by atoms with E-state index in [2.05, 4.69) is 50.2 Å². The minimum Gasteiger partial charge on any atom is -0.508 e. The van der Waals surface area contributed by atoms with Crippen LogP contribution in [0.5, 0.6) is 23.0 Å². The summed E-state index contributed by atoms with van der Waals surface area (Å²) in [6.45, 7) is 20.2. The third-order valence-electron chi connectivity index (χ3n) is 9.86. The average Bonchev–Trinajstić information content (AvgIpc) is 2.97. The zero-order chi connectivity index (χ0) is 33.8. The summed E-state index contributed by atoms with van der Waals surface area (Å²) in [5, 5.41) is 42.2. The number of hydrogen-bond donors (Lipinski definition) is 4. The van der Waals surface area contributed by atoms with Crippen molar-refractivity contribution in [2.24, 2.45) is 0 Å². The molecule has 0 aromatic heterocycles. The number of benzene rings is 5. The van der Waals surface area contributed by atoms with Gasteiger partial charge in [0.05, 0.1) is 0 Å². The Labute approximate surface area is 273 Å². The molecule has 5 aromatic carbocycles. The summed E-state index contributed by atoms with van der Waals surface area (Å²) in [5.74, 6) is 0.875. The first-order valence-electron chi connectivity index (χ1n) is 15.9. The predicted molar refractivity (Wildman–Crippen MR) is 188 cm³/mol. The van der Waals surface area contributed by atoms with Gasteiger partial charge in [-0.2, -0.15) is 0 Å². The smallest absolute Gasteiger partial charge is 0.118 e. The summed E-state index contributed by atoms with van der Waals surface area (Å²) < 4.78 is 0. The van der Waals surface area contributed by atoms with E-state index in [1.165, 1.54) is 11.1 Å². The Morgan fingerprint density at radius 1 is 0.261 bits per heavy atom. The summed E-state index contributed by atoms with van der Waals surface area (Å²) in [6, 6.07) is 20.4. The molecule has 46 heavy (non-hydrogen) atoms. The van der Waals surface area contributed by atoms with Crippen LogP contribution in [0, 0.1) is 69.2 Å². The third kappa shape index (κ3) is 5.85. The van der Waals surface area contributed by atoms with Gasteiger partial charge in [-0.25, -0.2) is 0 Å². The second-order valence-corrected chi connectivity index (χ2v) is 13.4. The molecule has 0 spiro atoms. The summed E-state index contributed by atoms with van der Waals surface area (Å²) >= 11 is 0. The van der Waals surface area contributed by atoms with Crippen molar-refractivity contribution in [3.8, 4) is 23.0 Å². The van der Waals surface area contributed by atoms with Crippen LogP contribution in [0.25, 0.3) is 0 Å². The van der Waals surface area contributed by atoms with Gasteiger partial charge >= 0.3 is 0 Å². The topological polar surface area (TPSA) is 80.9 Å². The van der Waals surface area contributed by atoms with Gasteiger partial charge in [-0.3, -0.25) is 0 Å². The molecule has 0 unspecified atom stereocenters. The minimum atomic E-state index is -0.125. The molecule has 5 aromatic rings. The van der Waals surface area contributed by atoms with Gasteiger partial charge in [0.2, 0.25) is 0 Å². The molecule has 0 heterocycles. The van der Waals surface area contributed by atoms with E-state index in [0.717, 1.165) is 77.9 Å². The highest BCUT2D eigenvalue weighted by molar-refractivity contribution is 5.60. The van der Waals surface area contributed by atoms with Crippen molar-refractivity contribution >= 4 is 0 Å². The van der Waals surface area contributed by atoms with E-state index in [-0.39, 0.29) is 34.8 Å². The molecule has 4 nitrogen and oxygen atoms in total. The Morgan fingerprint density at radius 2 is 0.413 bits per heavy atom. The zero-order valence-corrected chi connectivity index (χ0v) is 28.7. The van der Waals surface area contributed by atoms with Gasteiger partial charge in [-0.05, 0) is 183 Å². The van der Waals surface area contributed by atoms with Crippen molar-refractivity contribution in [2.45, 2.75) is 81.1 Å². The molecule has 238 valence electrons. The molecule has 0 saturated carbocycles. The highest BCUT2D eigenvalue weighted by Crippen LogP contribution is 2.45. The van der Waals surface area contributed by atoms with Crippen molar-refractivity contribution < 1.29 is 20.4 Å². The van der Waals surface area contributed by atoms with Crippen LogP contribution in [-0.4, -0.2) is 20.4 Å². The molecular formula is C42H46O4. The molecule has 4 heteroatoms. The fourth-order valence-electron chi connectivity index (χ4n) is 7.03. The number of phenols is 4. The molecule has 0 aliphatic rings. The summed E-state index contributed by atoms with van der Waals surface area (Å²) in [5.41, 5.74) is 16.3. The summed E-state index contributed by atoms with van der Waals surface area (Å²) in [6.07, 6.45) is 0. The molecule has 0 aliphatic heterocycles. The first-order valence-corrected chi connectivity index (χ1v) is 15.9. The van der Waals surface area contributed by atoms with E-state index in [0.29, 0.717) is 0 Å². The fraction of sp³-hybridized carbons (Fsp3) is 0.286. The summed E-state index contributed by atoms with van der Waals surface area (Å²) in [7, 11) is 0. The van der Waals surface area contributed by atoms with Gasteiger partial charge in [0.15, 0.2) is 0 Å². The van der Waals surface area contributed by atoms with E-state index in [1.54, 1.807) is 0 Å². The van der Waals surface area contributed by atoms with Crippen molar-refractivity contribution in [3.05, 3.63) is 150 Å². The van der Waals surface area contributed by atoms with Crippen LogP contribution in [0.1, 0.15) is 101 Å². The van der Waals surface area contributed by atoms with Crippen LogP contribution < -0.4 is 0 Å². The van der Waals surface area contributed by atoms with E-state index >= 15 is 0 Å². The number of aryl methyl sites for hydroxylation is 10. The van der Waals surface area contributed by atoms with Gasteiger partial charge in [-0.15, -0.1) is 0 Å². The van der Waals surface area contributed by atoms with Crippen LogP contribution in [0.15, 0.2) is 60.7 Å². The Morgan fingerprint density at radius 3 is 0.609 bits per heavy atom. The Bertz CT molecular complexity index is 1740. The SMILES string of the molecule is Cc1cc(C(c2cc(C)c(O)cc2C)c2cc(C)c(C(c3cc(C)c(O)cc3C)c3cc(C)c(O)cc3C)cc2C)c(C)cc1O. The van der Waals surface area contributed by atoms with Crippen molar-refractivity contribution in [3.63, 3.8) is 0 Å². The van der Waals surface area contributed by atoms with Crippen LogP contribution in [-0.2, 0) is 0 Å². The fourth-order valence-corrected chi connectivity index (χ4v) is 7.03. The number of aromatic hydroxyl groups is 4. The van der Waals surface area contributed by atoms with Crippen molar-refractivity contribution in [1.29, 1.82) is 0 Å². The quantitative estimate of drug-likeness (QED) is 0.144. The zero-order valence-electron chi connectivity index (χ0n) is 28.7. The first kappa shape index (κ1) is 32.7. The lowest BCUT2D eigenvalue weighted by Crippen LogP contribution is -2.13. The number of hydrogen-bond acceptors (Lipinski definition) is 4. The lowest BCUT2D eigenvalue weighted by atomic mass is 9.74. The van der Waals surface area contributed by atoms with Crippen LogP contribution >= 0.6 is 0 Å². The number of phenolic OH excluding ortho intramolecular Hbond substituents is 4. The molecule has 0 saturated heterocycles.